The molecule has 2 atom stereocenters. The van der Waals surface area contributed by atoms with Crippen LogP contribution in [0.5, 0.6) is 5.75 Å². The summed E-state index contributed by atoms with van der Waals surface area (Å²) in [4.78, 5) is 54.1. The van der Waals surface area contributed by atoms with Crippen LogP contribution in [-0.2, 0) is 26.7 Å². The predicted octanol–water partition coefficient (Wildman–Crippen LogP) is 2.20. The van der Waals surface area contributed by atoms with Crippen LogP contribution in [0.2, 0.25) is 0 Å². The molecule has 0 radical (unpaired) electrons. The van der Waals surface area contributed by atoms with Crippen LogP contribution in [0.3, 0.4) is 0 Å². The molecule has 47 heavy (non-hydrogen) atoms. The van der Waals surface area contributed by atoms with E-state index in [4.69, 9.17) is 21.9 Å². The molecule has 0 bridgehead atoms. The first-order valence-corrected chi connectivity index (χ1v) is 16.4. The van der Waals surface area contributed by atoms with Gasteiger partial charge in [-0.05, 0) is 37.1 Å². The van der Waals surface area contributed by atoms with Crippen molar-refractivity contribution in [1.29, 1.82) is 0 Å². The second-order valence-electron chi connectivity index (χ2n) is 11.6. The van der Waals surface area contributed by atoms with Crippen molar-refractivity contribution in [2.45, 2.75) is 49.4 Å². The number of carbonyl (C=O) groups excluding carboxylic acids is 4. The van der Waals surface area contributed by atoms with Gasteiger partial charge in [-0.3, -0.25) is 19.2 Å². The molecular formula is C35H46N6O5S. The van der Waals surface area contributed by atoms with Gasteiger partial charge in [0.2, 0.25) is 17.7 Å². The largest absolute Gasteiger partial charge is 0.497 e. The molecule has 12 heteroatoms. The molecule has 3 amide bonds. The minimum atomic E-state index is -1.19. The predicted molar refractivity (Wildman–Crippen MR) is 186 cm³/mol. The van der Waals surface area contributed by atoms with Crippen LogP contribution in [0.4, 0.5) is 0 Å². The van der Waals surface area contributed by atoms with Gasteiger partial charge in [0.05, 0.1) is 19.6 Å². The first kappa shape index (κ1) is 37.2. The Hall–Kier alpha value is -4.23. The lowest BCUT2D eigenvalue weighted by molar-refractivity contribution is -0.135. The maximum Gasteiger partial charge on any atom is 0.244 e. The fourth-order valence-corrected chi connectivity index (χ4v) is 5.85. The molecule has 0 unspecified atom stereocenters. The minimum Gasteiger partial charge on any atom is -0.497 e. The molecular weight excluding hydrogens is 616 g/mol. The Morgan fingerprint density at radius 1 is 0.830 bits per heavy atom. The Balaban J connectivity index is 1.73. The molecule has 0 aliphatic carbocycles. The molecule has 0 aliphatic rings. The number of methoxy groups -OCH3 is 1. The summed E-state index contributed by atoms with van der Waals surface area (Å²) >= 11 is 1.49. The highest BCUT2D eigenvalue weighted by Gasteiger charge is 2.38. The van der Waals surface area contributed by atoms with Crippen molar-refractivity contribution >= 4 is 35.3 Å². The van der Waals surface area contributed by atoms with E-state index in [-0.39, 0.29) is 37.7 Å². The van der Waals surface area contributed by atoms with Gasteiger partial charge < -0.3 is 37.5 Å². The molecule has 0 aromatic heterocycles. The summed E-state index contributed by atoms with van der Waals surface area (Å²) < 4.78 is 4.46. The van der Waals surface area contributed by atoms with Crippen LogP contribution in [0.1, 0.15) is 47.3 Å². The standard InChI is InChI=1S/C35H46N6O5S/c1-35(2,47-23-25-11-15-28(46-3)16-12-25)32(40-33(44)29(38)21-30(42)41(19-17-36)20-18-37)34(45)39-22-24-9-13-27(14-10-24)31(43)26-7-5-4-6-8-26/h4-16,29,32H,17-23,36-38H2,1-3H3,(H,39,45)(H,40,44)/t29-,32+/m0/s1. The van der Waals surface area contributed by atoms with Crippen molar-refractivity contribution in [3.63, 3.8) is 0 Å². The molecule has 0 aliphatic heterocycles. The van der Waals surface area contributed by atoms with Crippen LogP contribution < -0.4 is 32.6 Å². The Morgan fingerprint density at radius 2 is 1.40 bits per heavy atom. The maximum atomic E-state index is 13.7. The topological polar surface area (TPSA) is 183 Å². The summed E-state index contributed by atoms with van der Waals surface area (Å²) in [5, 5.41) is 5.74. The molecule has 252 valence electrons. The number of nitrogens with one attached hydrogen (secondary N) is 2. The third-order valence-electron chi connectivity index (χ3n) is 7.61. The Kier molecular flexibility index (Phi) is 14.4. The second kappa shape index (κ2) is 18.2. The Bertz CT molecular complexity index is 1460. The number of hydrogen-bond acceptors (Lipinski definition) is 9. The summed E-state index contributed by atoms with van der Waals surface area (Å²) in [6.07, 6.45) is -0.256. The van der Waals surface area contributed by atoms with Gasteiger partial charge in [0.1, 0.15) is 11.8 Å². The van der Waals surface area contributed by atoms with E-state index in [0.29, 0.717) is 30.0 Å². The van der Waals surface area contributed by atoms with Crippen LogP contribution >= 0.6 is 11.8 Å². The zero-order chi connectivity index (χ0) is 34.4. The Labute approximate surface area is 281 Å². The van der Waals surface area contributed by atoms with E-state index in [2.05, 4.69) is 10.6 Å². The maximum absolute atomic E-state index is 13.7. The van der Waals surface area contributed by atoms with E-state index in [1.54, 1.807) is 43.5 Å². The van der Waals surface area contributed by atoms with E-state index in [0.717, 1.165) is 16.9 Å². The van der Waals surface area contributed by atoms with E-state index >= 15 is 0 Å². The lowest BCUT2D eigenvalue weighted by Gasteiger charge is -2.34. The minimum absolute atomic E-state index is 0.0939. The number of nitrogens with zero attached hydrogens (tertiary/aromatic N) is 1. The Morgan fingerprint density at radius 3 is 1.98 bits per heavy atom. The van der Waals surface area contributed by atoms with E-state index in [1.165, 1.54) is 16.7 Å². The lowest BCUT2D eigenvalue weighted by atomic mass is 10.0. The van der Waals surface area contributed by atoms with E-state index in [1.807, 2.05) is 56.3 Å². The van der Waals surface area contributed by atoms with Gasteiger partial charge in [-0.2, -0.15) is 0 Å². The molecule has 0 fully saturated rings. The zero-order valence-electron chi connectivity index (χ0n) is 27.2. The quantitative estimate of drug-likeness (QED) is 0.128. The molecule has 3 rings (SSSR count). The van der Waals surface area contributed by atoms with Crippen molar-refractivity contribution < 1.29 is 23.9 Å². The molecule has 3 aromatic carbocycles. The number of hydrogen-bond donors (Lipinski definition) is 5. The smallest absolute Gasteiger partial charge is 0.244 e. The average Bonchev–Trinajstić information content (AvgIpc) is 3.08. The number of nitrogens with two attached hydrogens (primary N) is 3. The van der Waals surface area contributed by atoms with Crippen molar-refractivity contribution in [2.24, 2.45) is 17.2 Å². The van der Waals surface area contributed by atoms with Crippen molar-refractivity contribution in [1.82, 2.24) is 15.5 Å². The van der Waals surface area contributed by atoms with Crippen molar-refractivity contribution in [3.8, 4) is 5.75 Å². The number of thioether (sulfide) groups is 1. The monoisotopic (exact) mass is 662 g/mol. The molecule has 0 spiro atoms. The summed E-state index contributed by atoms with van der Waals surface area (Å²) in [7, 11) is 1.60. The number of benzene rings is 3. The first-order valence-electron chi connectivity index (χ1n) is 15.5. The molecule has 0 heterocycles. The third-order valence-corrected chi connectivity index (χ3v) is 9.07. The number of ketones is 1. The van der Waals surface area contributed by atoms with Gasteiger partial charge in [0.15, 0.2) is 5.78 Å². The third kappa shape index (κ3) is 11.2. The highest BCUT2D eigenvalue weighted by atomic mass is 32.2. The first-order chi connectivity index (χ1) is 22.5. The van der Waals surface area contributed by atoms with Crippen LogP contribution in [0.25, 0.3) is 0 Å². The molecule has 0 saturated heterocycles. The van der Waals surface area contributed by atoms with E-state index in [9.17, 15) is 19.2 Å². The summed E-state index contributed by atoms with van der Waals surface area (Å²) in [6.45, 7) is 5.01. The van der Waals surface area contributed by atoms with Crippen LogP contribution in [-0.4, -0.2) is 78.5 Å². The highest BCUT2D eigenvalue weighted by Crippen LogP contribution is 2.32. The van der Waals surface area contributed by atoms with Gasteiger partial charge in [0, 0.05) is 54.4 Å². The fourth-order valence-electron chi connectivity index (χ4n) is 4.78. The summed E-state index contributed by atoms with van der Waals surface area (Å²) in [5.41, 5.74) is 20.3. The lowest BCUT2D eigenvalue weighted by Crippen LogP contribution is -2.59. The molecule has 0 saturated carbocycles. The summed E-state index contributed by atoms with van der Waals surface area (Å²) in [6, 6.07) is 21.4. The van der Waals surface area contributed by atoms with Gasteiger partial charge in [0.25, 0.3) is 0 Å². The zero-order valence-corrected chi connectivity index (χ0v) is 28.1. The SMILES string of the molecule is COc1ccc(CSC(C)(C)[C@H](NC(=O)[C@@H](N)CC(=O)N(CCN)CCN)C(=O)NCc2ccc(C(=O)c3ccccc3)cc2)cc1. The highest BCUT2D eigenvalue weighted by molar-refractivity contribution is 7.99. The number of rotatable bonds is 18. The molecule has 8 N–H and O–H groups in total. The fraction of sp³-hybridized carbons (Fsp3) is 0.371. The average molecular weight is 663 g/mol. The normalized spacial score (nSPS) is 12.5. The number of carbonyl (C=O) groups is 4. The van der Waals surface area contributed by atoms with E-state index < -0.39 is 28.6 Å². The van der Waals surface area contributed by atoms with Gasteiger partial charge >= 0.3 is 0 Å². The van der Waals surface area contributed by atoms with Crippen molar-refractivity contribution in [3.05, 3.63) is 101 Å². The number of amides is 3. The summed E-state index contributed by atoms with van der Waals surface area (Å²) in [5.74, 6) is -0.177. The van der Waals surface area contributed by atoms with Gasteiger partial charge in [-0.1, -0.05) is 66.7 Å². The molecule has 3 aromatic rings. The second-order valence-corrected chi connectivity index (χ2v) is 13.2. The molecule has 11 nitrogen and oxygen atoms in total. The number of ether oxygens (including phenoxy) is 1. The van der Waals surface area contributed by atoms with Gasteiger partial charge in [-0.25, -0.2) is 0 Å². The van der Waals surface area contributed by atoms with Crippen molar-refractivity contribution in [2.75, 3.05) is 33.3 Å². The van der Waals surface area contributed by atoms with Gasteiger partial charge in [-0.15, -0.1) is 11.8 Å². The van der Waals surface area contributed by atoms with Crippen LogP contribution in [0.15, 0.2) is 78.9 Å². The van der Waals surface area contributed by atoms with Crippen LogP contribution in [0, 0.1) is 0 Å².